The number of hydrogen-bond acceptors (Lipinski definition) is 7. The lowest BCUT2D eigenvalue weighted by atomic mass is 10.00. The maximum atomic E-state index is 13.7. The number of benzene rings is 1. The van der Waals surface area contributed by atoms with Crippen LogP contribution in [-0.4, -0.2) is 50.5 Å². The van der Waals surface area contributed by atoms with E-state index in [0.717, 1.165) is 54.5 Å². The molecule has 0 atom stereocenters. The Labute approximate surface area is 208 Å². The van der Waals surface area contributed by atoms with Crippen LogP contribution in [0.4, 0.5) is 19.1 Å². The van der Waals surface area contributed by atoms with Gasteiger partial charge in [0, 0.05) is 37.2 Å². The van der Waals surface area contributed by atoms with Crippen molar-refractivity contribution in [2.45, 2.75) is 58.9 Å². The van der Waals surface area contributed by atoms with Crippen LogP contribution < -0.4 is 5.32 Å². The third-order valence-corrected chi connectivity index (χ3v) is 6.93. The zero-order chi connectivity index (χ0) is 25.6. The lowest BCUT2D eigenvalue weighted by Gasteiger charge is -2.30. The molecule has 0 amide bonds. The van der Waals surface area contributed by atoms with Crippen molar-refractivity contribution in [1.29, 1.82) is 0 Å². The molecule has 3 rings (SSSR count). The van der Waals surface area contributed by atoms with E-state index >= 15 is 0 Å². The van der Waals surface area contributed by atoms with Crippen LogP contribution in [0, 0.1) is 6.92 Å². The molecule has 1 fully saturated rings. The van der Waals surface area contributed by atoms with E-state index in [4.69, 9.17) is 0 Å². The number of nitrogens with one attached hydrogen (secondary N) is 1. The molecule has 6 nitrogen and oxygen atoms in total. The molecule has 2 aromatic rings. The van der Waals surface area contributed by atoms with Gasteiger partial charge in [0.05, 0.1) is 17.9 Å². The first kappa shape index (κ1) is 27.2. The number of piperidine rings is 1. The Morgan fingerprint density at radius 3 is 2.60 bits per heavy atom. The van der Waals surface area contributed by atoms with Gasteiger partial charge in [-0.25, -0.2) is 9.97 Å². The number of anilines is 1. The maximum Gasteiger partial charge on any atom is 0.419 e. The number of alkyl halides is 3. The number of aromatic nitrogens is 2. The summed E-state index contributed by atoms with van der Waals surface area (Å²) in [6.07, 6.45) is 2.08. The van der Waals surface area contributed by atoms with Crippen molar-refractivity contribution < 1.29 is 18.3 Å². The van der Waals surface area contributed by atoms with Crippen LogP contribution in [0.3, 0.4) is 0 Å². The van der Waals surface area contributed by atoms with Crippen molar-refractivity contribution in [2.75, 3.05) is 24.7 Å². The van der Waals surface area contributed by atoms with E-state index < -0.39 is 11.7 Å². The van der Waals surface area contributed by atoms with Crippen LogP contribution in [0.5, 0.6) is 0 Å². The fourth-order valence-corrected chi connectivity index (χ4v) is 4.64. The summed E-state index contributed by atoms with van der Waals surface area (Å²) in [6.45, 7) is 7.19. The summed E-state index contributed by atoms with van der Waals surface area (Å²) in [5.74, 6) is 0.193. The van der Waals surface area contributed by atoms with Crippen molar-refractivity contribution in [3.05, 3.63) is 58.5 Å². The monoisotopic (exact) mass is 507 g/mol. The molecule has 190 valence electrons. The molecule has 0 radical (unpaired) electrons. The highest BCUT2D eigenvalue weighted by Gasteiger charge is 2.35. The number of halogens is 3. The normalized spacial score (nSPS) is 16.6. The molecule has 0 unspecified atom stereocenters. The van der Waals surface area contributed by atoms with Gasteiger partial charge in [0.2, 0.25) is 5.95 Å². The summed E-state index contributed by atoms with van der Waals surface area (Å²) in [6, 6.07) is 5.69. The highest BCUT2D eigenvalue weighted by atomic mass is 32.2. The van der Waals surface area contributed by atoms with E-state index in [1.165, 1.54) is 6.20 Å². The van der Waals surface area contributed by atoms with E-state index in [1.807, 2.05) is 38.3 Å². The first-order valence-electron chi connectivity index (χ1n) is 11.6. The minimum atomic E-state index is -4.58. The van der Waals surface area contributed by atoms with Gasteiger partial charge in [0.1, 0.15) is 0 Å². The van der Waals surface area contributed by atoms with E-state index in [-0.39, 0.29) is 24.3 Å². The third-order valence-electron chi connectivity index (χ3n) is 6.05. The summed E-state index contributed by atoms with van der Waals surface area (Å²) in [4.78, 5) is 12.8. The first-order valence-corrected chi connectivity index (χ1v) is 12.8. The van der Waals surface area contributed by atoms with Crippen molar-refractivity contribution in [3.8, 4) is 0 Å². The van der Waals surface area contributed by atoms with Crippen LogP contribution in [0.15, 0.2) is 35.6 Å². The molecule has 10 heteroatoms. The van der Waals surface area contributed by atoms with E-state index in [1.54, 1.807) is 18.9 Å². The summed E-state index contributed by atoms with van der Waals surface area (Å²) < 4.78 is 43.5. The Kier molecular flexibility index (Phi) is 9.32. The van der Waals surface area contributed by atoms with Gasteiger partial charge >= 0.3 is 6.18 Å². The number of hydrogen-bond donors (Lipinski definition) is 2. The second-order valence-electron chi connectivity index (χ2n) is 8.53. The summed E-state index contributed by atoms with van der Waals surface area (Å²) >= 11 is 1.69. The van der Waals surface area contributed by atoms with Gasteiger partial charge in [-0.05, 0) is 61.6 Å². The molecule has 0 saturated carbocycles. The Morgan fingerprint density at radius 1 is 1.31 bits per heavy atom. The van der Waals surface area contributed by atoms with Crippen LogP contribution in [0.2, 0.25) is 0 Å². The van der Waals surface area contributed by atoms with Gasteiger partial charge in [-0.15, -0.1) is 0 Å². The first-order chi connectivity index (χ1) is 16.7. The molecule has 1 aromatic heterocycles. The molecule has 1 aliphatic rings. The SMILES string of the molecule is CCC(=N/C=C(\C)c1nc(NC2CCN(SC)CC2)ncc1C(F)(F)F)c1ccc(CO)cc1C. The zero-order valence-corrected chi connectivity index (χ0v) is 21.3. The number of allylic oxidation sites excluding steroid dienone is 1. The lowest BCUT2D eigenvalue weighted by molar-refractivity contribution is -0.138. The largest absolute Gasteiger partial charge is 0.419 e. The van der Waals surface area contributed by atoms with Crippen molar-refractivity contribution in [2.24, 2.45) is 4.99 Å². The molecule has 2 heterocycles. The van der Waals surface area contributed by atoms with Crippen LogP contribution >= 0.6 is 11.9 Å². The lowest BCUT2D eigenvalue weighted by Crippen LogP contribution is -2.35. The number of rotatable bonds is 8. The Hall–Kier alpha value is -2.43. The molecule has 2 N–H and O–H groups in total. The molecule has 0 aliphatic carbocycles. The van der Waals surface area contributed by atoms with Gasteiger partial charge in [0.15, 0.2) is 0 Å². The number of aryl methyl sites for hydroxylation is 1. The summed E-state index contributed by atoms with van der Waals surface area (Å²) in [5.41, 5.74) is 2.62. The Balaban J connectivity index is 1.91. The predicted molar refractivity (Wildman–Crippen MR) is 136 cm³/mol. The van der Waals surface area contributed by atoms with Gasteiger partial charge in [-0.1, -0.05) is 37.1 Å². The zero-order valence-electron chi connectivity index (χ0n) is 20.5. The van der Waals surface area contributed by atoms with Gasteiger partial charge < -0.3 is 10.4 Å². The van der Waals surface area contributed by atoms with E-state index in [9.17, 15) is 18.3 Å². The van der Waals surface area contributed by atoms with Crippen molar-refractivity contribution >= 4 is 29.2 Å². The fourth-order valence-electron chi connectivity index (χ4n) is 4.06. The average Bonchev–Trinajstić information content (AvgIpc) is 2.84. The average molecular weight is 508 g/mol. The molecular formula is C25H32F3N5OS. The second-order valence-corrected chi connectivity index (χ2v) is 9.41. The van der Waals surface area contributed by atoms with Gasteiger partial charge in [0.25, 0.3) is 0 Å². The quantitative estimate of drug-likeness (QED) is 0.352. The highest BCUT2D eigenvalue weighted by molar-refractivity contribution is 7.96. The molecule has 1 aromatic carbocycles. The Bertz CT molecular complexity index is 1080. The summed E-state index contributed by atoms with van der Waals surface area (Å²) in [7, 11) is 0. The molecule has 0 spiro atoms. The van der Waals surface area contributed by atoms with Crippen LogP contribution in [0.1, 0.15) is 61.1 Å². The number of aliphatic hydroxyl groups excluding tert-OH is 1. The molecule has 1 saturated heterocycles. The minimum absolute atomic E-state index is 0.0558. The van der Waals surface area contributed by atoms with E-state index in [2.05, 4.69) is 24.6 Å². The molecular weight excluding hydrogens is 475 g/mol. The summed E-state index contributed by atoms with van der Waals surface area (Å²) in [5, 5.41) is 12.6. The van der Waals surface area contributed by atoms with E-state index in [0.29, 0.717) is 12.0 Å². The standard InChI is InChI=1S/C25H32F3N5OS/c1-5-22(20-7-6-18(15-34)12-16(20)2)29-13-17(3)23-21(25(26,27)28)14-30-24(32-23)31-19-8-10-33(35-4)11-9-19/h6-7,12-14,19,34H,5,8-11,15H2,1-4H3,(H,30,31,32)/b17-13+,29-22?. The smallest absolute Gasteiger partial charge is 0.392 e. The molecule has 0 bridgehead atoms. The molecule has 35 heavy (non-hydrogen) atoms. The Morgan fingerprint density at radius 2 is 2.03 bits per heavy atom. The van der Waals surface area contributed by atoms with Gasteiger partial charge in [-0.3, -0.25) is 9.30 Å². The number of aliphatic hydroxyl groups is 1. The topological polar surface area (TPSA) is 73.6 Å². The van der Waals surface area contributed by atoms with Crippen LogP contribution in [-0.2, 0) is 12.8 Å². The van der Waals surface area contributed by atoms with Crippen LogP contribution in [0.25, 0.3) is 5.57 Å². The number of nitrogens with zero attached hydrogens (tertiary/aromatic N) is 4. The molecule has 1 aliphatic heterocycles. The maximum absolute atomic E-state index is 13.7. The number of aliphatic imine (C=N–C) groups is 1. The van der Waals surface area contributed by atoms with Crippen molar-refractivity contribution in [1.82, 2.24) is 14.3 Å². The van der Waals surface area contributed by atoms with Crippen molar-refractivity contribution in [3.63, 3.8) is 0 Å². The second kappa shape index (κ2) is 12.0. The minimum Gasteiger partial charge on any atom is -0.392 e. The fraction of sp³-hybridized carbons (Fsp3) is 0.480. The third kappa shape index (κ3) is 7.05. The highest BCUT2D eigenvalue weighted by Crippen LogP contribution is 2.34. The van der Waals surface area contributed by atoms with Gasteiger partial charge in [-0.2, -0.15) is 13.2 Å². The predicted octanol–water partition coefficient (Wildman–Crippen LogP) is 5.71.